The standard InChI is InChI=1S/C12H15N5O2S/c1-2-3-7-19-12(18)13-9-5-4-6-10(8-9)17-11(20)14-15-16-17/h4-6,8H,2-3,7H2,1H3,(H,13,18)(H,14,16,20). The molecule has 2 aromatic rings. The van der Waals surface area contributed by atoms with Crippen molar-refractivity contribution < 1.29 is 9.53 Å². The normalized spacial score (nSPS) is 10.3. The van der Waals surface area contributed by atoms with Crippen molar-refractivity contribution in [1.82, 2.24) is 20.2 Å². The van der Waals surface area contributed by atoms with E-state index in [4.69, 9.17) is 4.74 Å². The molecule has 0 saturated carbocycles. The van der Waals surface area contributed by atoms with Gasteiger partial charge in [-0.25, -0.2) is 4.79 Å². The summed E-state index contributed by atoms with van der Waals surface area (Å²) in [6.07, 6.45) is 1.35. The summed E-state index contributed by atoms with van der Waals surface area (Å²) < 4.78 is 6.48. The number of nitrogens with zero attached hydrogens (tertiary/aromatic N) is 4. The minimum Gasteiger partial charge on any atom is -0.449 e. The highest BCUT2D eigenvalue weighted by atomic mass is 32.1. The van der Waals surface area contributed by atoms with E-state index in [9.17, 15) is 4.79 Å². The SMILES string of the molecule is CCCCOC(=O)Nc1cccc(-n2nnnc2S)c1. The molecule has 0 fully saturated rings. The Morgan fingerprint density at radius 3 is 3.05 bits per heavy atom. The average Bonchev–Trinajstić information content (AvgIpc) is 2.85. The van der Waals surface area contributed by atoms with Gasteiger partial charge in [-0.1, -0.05) is 19.4 Å². The van der Waals surface area contributed by atoms with Crippen molar-refractivity contribution in [2.45, 2.75) is 24.9 Å². The molecule has 1 aromatic carbocycles. The number of ether oxygens (including phenoxy) is 1. The van der Waals surface area contributed by atoms with Crippen LogP contribution in [-0.2, 0) is 4.74 Å². The molecule has 1 aromatic heterocycles. The van der Waals surface area contributed by atoms with Gasteiger partial charge in [0.2, 0.25) is 5.16 Å². The number of tetrazole rings is 1. The lowest BCUT2D eigenvalue weighted by Gasteiger charge is -2.08. The highest BCUT2D eigenvalue weighted by Crippen LogP contribution is 2.16. The summed E-state index contributed by atoms with van der Waals surface area (Å²) >= 11 is 4.14. The number of thiol groups is 1. The summed E-state index contributed by atoms with van der Waals surface area (Å²) in [7, 11) is 0. The van der Waals surface area contributed by atoms with E-state index >= 15 is 0 Å². The summed E-state index contributed by atoms with van der Waals surface area (Å²) in [4.78, 5) is 11.6. The largest absolute Gasteiger partial charge is 0.449 e. The van der Waals surface area contributed by atoms with Gasteiger partial charge in [-0.05, 0) is 35.0 Å². The first-order valence-electron chi connectivity index (χ1n) is 6.22. The lowest BCUT2D eigenvalue weighted by Crippen LogP contribution is -2.14. The van der Waals surface area contributed by atoms with E-state index in [2.05, 4.69) is 33.5 Å². The van der Waals surface area contributed by atoms with Crippen molar-refractivity contribution in [3.63, 3.8) is 0 Å². The summed E-state index contributed by atoms with van der Waals surface area (Å²) in [6.45, 7) is 2.45. The topological polar surface area (TPSA) is 81.9 Å². The van der Waals surface area contributed by atoms with Crippen LogP contribution in [0.4, 0.5) is 10.5 Å². The first kappa shape index (κ1) is 14.3. The molecular weight excluding hydrogens is 278 g/mol. The monoisotopic (exact) mass is 293 g/mol. The van der Waals surface area contributed by atoms with Crippen molar-refractivity contribution in [1.29, 1.82) is 0 Å². The Labute approximate surface area is 121 Å². The second kappa shape index (κ2) is 6.90. The van der Waals surface area contributed by atoms with Gasteiger partial charge < -0.3 is 4.74 Å². The number of carbonyl (C=O) groups is 1. The maximum atomic E-state index is 11.6. The molecular formula is C12H15N5O2S. The molecule has 20 heavy (non-hydrogen) atoms. The van der Waals surface area contributed by atoms with Gasteiger partial charge in [-0.2, -0.15) is 4.68 Å². The Bertz CT molecular complexity index is 587. The van der Waals surface area contributed by atoms with Crippen LogP contribution >= 0.6 is 12.6 Å². The number of benzene rings is 1. The molecule has 106 valence electrons. The predicted octanol–water partition coefficient (Wildman–Crippen LogP) is 2.30. The molecule has 1 heterocycles. The third-order valence-electron chi connectivity index (χ3n) is 2.52. The first-order chi connectivity index (χ1) is 9.70. The van der Waals surface area contributed by atoms with E-state index < -0.39 is 6.09 Å². The van der Waals surface area contributed by atoms with Crippen LogP contribution in [0.15, 0.2) is 29.4 Å². The zero-order valence-corrected chi connectivity index (χ0v) is 11.9. The fourth-order valence-electron chi connectivity index (χ4n) is 1.53. The minimum absolute atomic E-state index is 0.368. The van der Waals surface area contributed by atoms with Gasteiger partial charge in [0.1, 0.15) is 0 Å². The van der Waals surface area contributed by atoms with Gasteiger partial charge in [0, 0.05) is 5.69 Å². The van der Waals surface area contributed by atoms with Crippen LogP contribution in [0.25, 0.3) is 5.69 Å². The van der Waals surface area contributed by atoms with Gasteiger partial charge in [0.25, 0.3) is 0 Å². The molecule has 0 bridgehead atoms. The van der Waals surface area contributed by atoms with Gasteiger partial charge in [-0.15, -0.1) is 17.7 Å². The van der Waals surface area contributed by atoms with Crippen LogP contribution in [-0.4, -0.2) is 32.9 Å². The number of amides is 1. The maximum absolute atomic E-state index is 11.6. The number of hydrogen-bond acceptors (Lipinski definition) is 6. The molecule has 0 aliphatic heterocycles. The molecule has 0 aliphatic rings. The second-order valence-electron chi connectivity index (χ2n) is 4.06. The smallest absolute Gasteiger partial charge is 0.411 e. The Kier molecular flexibility index (Phi) is 4.94. The molecule has 0 radical (unpaired) electrons. The summed E-state index contributed by atoms with van der Waals surface area (Å²) in [5, 5.41) is 14.0. The van der Waals surface area contributed by atoms with Gasteiger partial charge in [0.05, 0.1) is 12.3 Å². The summed E-state index contributed by atoms with van der Waals surface area (Å²) in [5.74, 6) is 0. The van der Waals surface area contributed by atoms with Crippen LogP contribution in [0.3, 0.4) is 0 Å². The molecule has 0 spiro atoms. The lowest BCUT2D eigenvalue weighted by atomic mass is 10.3. The number of unbranched alkanes of at least 4 members (excludes halogenated alkanes) is 1. The highest BCUT2D eigenvalue weighted by molar-refractivity contribution is 7.80. The zero-order chi connectivity index (χ0) is 14.4. The van der Waals surface area contributed by atoms with Crippen molar-refractivity contribution in [3.05, 3.63) is 24.3 Å². The van der Waals surface area contributed by atoms with Crippen LogP contribution < -0.4 is 5.32 Å². The van der Waals surface area contributed by atoms with Crippen LogP contribution in [0.1, 0.15) is 19.8 Å². The molecule has 1 N–H and O–H groups in total. The third-order valence-corrected chi connectivity index (χ3v) is 2.80. The number of carbonyl (C=O) groups excluding carboxylic acids is 1. The molecule has 8 heteroatoms. The predicted molar refractivity (Wildman–Crippen MR) is 76.3 cm³/mol. The highest BCUT2D eigenvalue weighted by Gasteiger charge is 2.07. The molecule has 0 atom stereocenters. The van der Waals surface area contributed by atoms with Gasteiger partial charge in [0.15, 0.2) is 0 Å². The van der Waals surface area contributed by atoms with E-state index in [1.54, 1.807) is 18.2 Å². The number of hydrogen-bond donors (Lipinski definition) is 2. The molecule has 0 unspecified atom stereocenters. The molecule has 0 aliphatic carbocycles. The van der Waals surface area contributed by atoms with E-state index in [1.165, 1.54) is 4.68 Å². The molecule has 1 amide bonds. The van der Waals surface area contributed by atoms with E-state index in [0.29, 0.717) is 23.1 Å². The van der Waals surface area contributed by atoms with Crippen molar-refractivity contribution in [3.8, 4) is 5.69 Å². The Morgan fingerprint density at radius 2 is 2.35 bits per heavy atom. The minimum atomic E-state index is -0.474. The quantitative estimate of drug-likeness (QED) is 0.653. The van der Waals surface area contributed by atoms with Crippen molar-refractivity contribution in [2.24, 2.45) is 0 Å². The van der Waals surface area contributed by atoms with E-state index in [1.807, 2.05) is 13.0 Å². The molecule has 2 rings (SSSR count). The van der Waals surface area contributed by atoms with E-state index in [-0.39, 0.29) is 0 Å². The summed E-state index contributed by atoms with van der Waals surface area (Å²) in [5.41, 5.74) is 1.30. The van der Waals surface area contributed by atoms with Gasteiger partial charge >= 0.3 is 6.09 Å². The van der Waals surface area contributed by atoms with Crippen molar-refractivity contribution >= 4 is 24.4 Å². The third kappa shape index (κ3) is 3.70. The Balaban J connectivity index is 2.03. The van der Waals surface area contributed by atoms with Crippen LogP contribution in [0.2, 0.25) is 0 Å². The first-order valence-corrected chi connectivity index (χ1v) is 6.67. The number of nitrogens with one attached hydrogen (secondary N) is 1. The average molecular weight is 293 g/mol. The lowest BCUT2D eigenvalue weighted by molar-refractivity contribution is 0.160. The molecule has 7 nitrogen and oxygen atoms in total. The van der Waals surface area contributed by atoms with E-state index in [0.717, 1.165) is 12.8 Å². The number of aromatic nitrogens is 4. The van der Waals surface area contributed by atoms with Crippen LogP contribution in [0, 0.1) is 0 Å². The summed E-state index contributed by atoms with van der Waals surface area (Å²) in [6, 6.07) is 7.08. The number of anilines is 1. The fraction of sp³-hybridized carbons (Fsp3) is 0.333. The maximum Gasteiger partial charge on any atom is 0.411 e. The van der Waals surface area contributed by atoms with Crippen LogP contribution in [0.5, 0.6) is 0 Å². The van der Waals surface area contributed by atoms with Gasteiger partial charge in [-0.3, -0.25) is 5.32 Å². The second-order valence-corrected chi connectivity index (χ2v) is 4.46. The Morgan fingerprint density at radius 1 is 1.50 bits per heavy atom. The Hall–Kier alpha value is -2.09. The molecule has 0 saturated heterocycles. The number of rotatable bonds is 5. The zero-order valence-electron chi connectivity index (χ0n) is 11.0. The van der Waals surface area contributed by atoms with Crippen molar-refractivity contribution in [2.75, 3.05) is 11.9 Å². The fourth-order valence-corrected chi connectivity index (χ4v) is 1.72.